The number of nitrogens with zero attached hydrogens (tertiary/aromatic N) is 4. The Bertz CT molecular complexity index is 1260. The number of pyridine rings is 1. The number of aryl methyl sites for hydroxylation is 1. The Kier molecular flexibility index (Phi) is 6.58. The number of sulfonamides is 1. The van der Waals surface area contributed by atoms with Gasteiger partial charge in [-0.05, 0) is 56.3 Å². The van der Waals surface area contributed by atoms with Gasteiger partial charge in [0.2, 0.25) is 10.0 Å². The van der Waals surface area contributed by atoms with Gasteiger partial charge >= 0.3 is 0 Å². The number of primary sulfonamides is 1. The number of nitrogens with two attached hydrogens (primary N) is 1. The highest BCUT2D eigenvalue weighted by molar-refractivity contribution is 7.89. The van der Waals surface area contributed by atoms with Crippen molar-refractivity contribution in [2.45, 2.75) is 18.7 Å². The standard InChI is InChI=1S/C23H26ClN5O3S/c1-16-13-21(17(2)29(16)19-4-6-20(7-5-19)33(25,31)32)22(30)15-27-9-11-28(12-10-27)23-8-3-18(24)14-26-23/h3-8,13-14H,9-12,15H2,1-2H3,(H2,25,31,32). The van der Waals surface area contributed by atoms with Crippen molar-refractivity contribution >= 4 is 33.2 Å². The number of halogens is 1. The molecule has 0 bridgehead atoms. The summed E-state index contributed by atoms with van der Waals surface area (Å²) < 4.78 is 25.0. The number of anilines is 1. The van der Waals surface area contributed by atoms with E-state index in [0.29, 0.717) is 17.1 Å². The van der Waals surface area contributed by atoms with Gasteiger partial charge in [0.1, 0.15) is 5.82 Å². The lowest BCUT2D eigenvalue weighted by Crippen LogP contribution is -2.48. The van der Waals surface area contributed by atoms with Crippen molar-refractivity contribution in [3.8, 4) is 5.69 Å². The summed E-state index contributed by atoms with van der Waals surface area (Å²) in [6.45, 7) is 7.28. The number of piperazine rings is 1. The van der Waals surface area contributed by atoms with Crippen molar-refractivity contribution in [2.24, 2.45) is 5.14 Å². The van der Waals surface area contributed by atoms with Gasteiger partial charge in [0.05, 0.1) is 16.5 Å². The Morgan fingerprint density at radius 2 is 1.73 bits per heavy atom. The van der Waals surface area contributed by atoms with E-state index in [4.69, 9.17) is 16.7 Å². The summed E-state index contributed by atoms with van der Waals surface area (Å²) in [5, 5.41) is 5.80. The number of hydrogen-bond donors (Lipinski definition) is 1. The molecule has 2 aromatic heterocycles. The van der Waals surface area contributed by atoms with Crippen LogP contribution in [-0.2, 0) is 10.0 Å². The highest BCUT2D eigenvalue weighted by atomic mass is 35.5. The molecule has 0 amide bonds. The van der Waals surface area contributed by atoms with E-state index in [1.54, 1.807) is 18.3 Å². The van der Waals surface area contributed by atoms with Crippen molar-refractivity contribution in [2.75, 3.05) is 37.6 Å². The molecule has 1 aromatic carbocycles. The molecular formula is C23H26ClN5O3S. The molecule has 33 heavy (non-hydrogen) atoms. The normalized spacial score (nSPS) is 15.1. The molecule has 174 valence electrons. The molecule has 1 fully saturated rings. The lowest BCUT2D eigenvalue weighted by atomic mass is 10.1. The summed E-state index contributed by atoms with van der Waals surface area (Å²) in [7, 11) is -3.75. The number of carbonyl (C=O) groups excluding carboxylic acids is 1. The maximum absolute atomic E-state index is 13.1. The van der Waals surface area contributed by atoms with Gasteiger partial charge < -0.3 is 9.47 Å². The summed E-state index contributed by atoms with van der Waals surface area (Å²) in [6.07, 6.45) is 1.64. The van der Waals surface area contributed by atoms with E-state index >= 15 is 0 Å². The molecule has 1 aliphatic heterocycles. The SMILES string of the molecule is Cc1cc(C(=O)CN2CCN(c3ccc(Cl)cn3)CC2)c(C)n1-c1ccc(S(N)(=O)=O)cc1. The van der Waals surface area contributed by atoms with Crippen LogP contribution < -0.4 is 10.0 Å². The number of benzene rings is 1. The van der Waals surface area contributed by atoms with Gasteiger partial charge in [-0.25, -0.2) is 18.5 Å². The first-order chi connectivity index (χ1) is 15.6. The van der Waals surface area contributed by atoms with Crippen LogP contribution in [0.25, 0.3) is 5.69 Å². The Morgan fingerprint density at radius 1 is 1.06 bits per heavy atom. The molecule has 0 saturated carbocycles. The fourth-order valence-electron chi connectivity index (χ4n) is 4.21. The van der Waals surface area contributed by atoms with E-state index in [2.05, 4.69) is 14.8 Å². The van der Waals surface area contributed by atoms with E-state index in [9.17, 15) is 13.2 Å². The number of rotatable bonds is 6. The molecule has 3 heterocycles. The van der Waals surface area contributed by atoms with Gasteiger partial charge in [0.15, 0.2) is 5.78 Å². The van der Waals surface area contributed by atoms with E-state index in [1.165, 1.54) is 12.1 Å². The van der Waals surface area contributed by atoms with Crippen LogP contribution in [0.5, 0.6) is 0 Å². The molecule has 0 unspecified atom stereocenters. The highest BCUT2D eigenvalue weighted by Crippen LogP contribution is 2.23. The number of Topliss-reactive ketones (excluding diaryl/α,β-unsaturated/α-hetero) is 1. The van der Waals surface area contributed by atoms with Crippen LogP contribution in [-0.4, -0.2) is 61.4 Å². The predicted octanol–water partition coefficient (Wildman–Crippen LogP) is 2.79. The van der Waals surface area contributed by atoms with E-state index in [0.717, 1.165) is 49.1 Å². The lowest BCUT2D eigenvalue weighted by molar-refractivity contribution is 0.0925. The molecule has 0 atom stereocenters. The van der Waals surface area contributed by atoms with Crippen LogP contribution in [0.1, 0.15) is 21.7 Å². The van der Waals surface area contributed by atoms with Gasteiger partial charge in [-0.15, -0.1) is 0 Å². The quantitative estimate of drug-likeness (QED) is 0.536. The molecule has 1 saturated heterocycles. The van der Waals surface area contributed by atoms with Crippen molar-refractivity contribution in [1.29, 1.82) is 0 Å². The zero-order chi connectivity index (χ0) is 23.8. The van der Waals surface area contributed by atoms with Crippen LogP contribution in [0.2, 0.25) is 5.02 Å². The fraction of sp³-hybridized carbons (Fsp3) is 0.304. The first kappa shape index (κ1) is 23.4. The third-order valence-electron chi connectivity index (χ3n) is 5.93. The number of aromatic nitrogens is 2. The minimum absolute atomic E-state index is 0.0537. The van der Waals surface area contributed by atoms with E-state index < -0.39 is 10.0 Å². The number of ketones is 1. The molecule has 2 N–H and O–H groups in total. The van der Waals surface area contributed by atoms with Crippen molar-refractivity contribution in [3.63, 3.8) is 0 Å². The van der Waals surface area contributed by atoms with Crippen LogP contribution in [0.15, 0.2) is 53.6 Å². The highest BCUT2D eigenvalue weighted by Gasteiger charge is 2.23. The molecule has 8 nitrogen and oxygen atoms in total. The van der Waals surface area contributed by atoms with Gasteiger partial charge in [-0.2, -0.15) is 0 Å². The lowest BCUT2D eigenvalue weighted by Gasteiger charge is -2.35. The Morgan fingerprint density at radius 3 is 2.30 bits per heavy atom. The second-order valence-corrected chi connectivity index (χ2v) is 10.2. The van der Waals surface area contributed by atoms with Gasteiger partial charge in [-0.3, -0.25) is 9.69 Å². The molecule has 0 radical (unpaired) electrons. The second kappa shape index (κ2) is 9.26. The first-order valence-electron chi connectivity index (χ1n) is 10.6. The number of carbonyl (C=O) groups is 1. The third-order valence-corrected chi connectivity index (χ3v) is 7.08. The first-order valence-corrected chi connectivity index (χ1v) is 12.5. The summed E-state index contributed by atoms with van der Waals surface area (Å²) in [5.74, 6) is 0.955. The zero-order valence-electron chi connectivity index (χ0n) is 18.5. The topological polar surface area (TPSA) is 102 Å². The molecular weight excluding hydrogens is 462 g/mol. The minimum Gasteiger partial charge on any atom is -0.354 e. The zero-order valence-corrected chi connectivity index (χ0v) is 20.1. The molecule has 4 rings (SSSR count). The van der Waals surface area contributed by atoms with Crippen molar-refractivity contribution < 1.29 is 13.2 Å². The van der Waals surface area contributed by atoms with E-state index in [-0.39, 0.29) is 10.7 Å². The monoisotopic (exact) mass is 487 g/mol. The molecule has 3 aromatic rings. The largest absolute Gasteiger partial charge is 0.354 e. The molecule has 0 aliphatic carbocycles. The summed E-state index contributed by atoms with van der Waals surface area (Å²) in [4.78, 5) is 21.9. The van der Waals surface area contributed by atoms with Crippen LogP contribution in [0, 0.1) is 13.8 Å². The number of hydrogen-bond acceptors (Lipinski definition) is 6. The Hall–Kier alpha value is -2.72. The van der Waals surface area contributed by atoms with Crippen LogP contribution >= 0.6 is 11.6 Å². The predicted molar refractivity (Wildman–Crippen MR) is 129 cm³/mol. The van der Waals surface area contributed by atoms with E-state index in [1.807, 2.05) is 36.6 Å². The summed E-state index contributed by atoms with van der Waals surface area (Å²) >= 11 is 5.92. The maximum Gasteiger partial charge on any atom is 0.238 e. The summed E-state index contributed by atoms with van der Waals surface area (Å²) in [6, 6.07) is 12.0. The minimum atomic E-state index is -3.75. The van der Waals surface area contributed by atoms with Crippen molar-refractivity contribution in [1.82, 2.24) is 14.5 Å². The second-order valence-electron chi connectivity index (χ2n) is 8.18. The van der Waals surface area contributed by atoms with Crippen LogP contribution in [0.4, 0.5) is 5.82 Å². The third kappa shape index (κ3) is 5.11. The Balaban J connectivity index is 1.44. The smallest absolute Gasteiger partial charge is 0.238 e. The fourth-order valence-corrected chi connectivity index (χ4v) is 4.83. The van der Waals surface area contributed by atoms with Gasteiger partial charge in [0, 0.05) is 55.0 Å². The molecule has 0 spiro atoms. The van der Waals surface area contributed by atoms with Gasteiger partial charge in [-0.1, -0.05) is 11.6 Å². The molecule has 1 aliphatic rings. The average Bonchev–Trinajstić information content (AvgIpc) is 3.08. The maximum atomic E-state index is 13.1. The van der Waals surface area contributed by atoms with Gasteiger partial charge in [0.25, 0.3) is 0 Å². The Labute approximate surface area is 198 Å². The van der Waals surface area contributed by atoms with Crippen molar-refractivity contribution in [3.05, 3.63) is 70.6 Å². The molecule has 10 heteroatoms. The average molecular weight is 488 g/mol. The van der Waals surface area contributed by atoms with Crippen LogP contribution in [0.3, 0.4) is 0 Å². The summed E-state index contributed by atoms with van der Waals surface area (Å²) in [5.41, 5.74) is 3.17.